The van der Waals surface area contributed by atoms with Gasteiger partial charge in [0, 0.05) is 7.05 Å². The number of rotatable bonds is 2. The Morgan fingerprint density at radius 2 is 2.17 bits per heavy atom. The average Bonchev–Trinajstić information content (AvgIpc) is 2.33. The maximum absolute atomic E-state index is 11.7. The van der Waals surface area contributed by atoms with Gasteiger partial charge in [0.15, 0.2) is 0 Å². The maximum Gasteiger partial charge on any atom is 0.326 e. The third-order valence-electron chi connectivity index (χ3n) is 2.11. The molecule has 0 radical (unpaired) electrons. The monoisotopic (exact) mass is 270 g/mol. The van der Waals surface area contributed by atoms with Crippen LogP contribution in [0.3, 0.4) is 0 Å². The number of guanidine groups is 1. The maximum atomic E-state index is 11.7. The van der Waals surface area contributed by atoms with Crippen molar-refractivity contribution >= 4 is 29.3 Å². The zero-order valence-electron chi connectivity index (χ0n) is 10.4. The van der Waals surface area contributed by atoms with Gasteiger partial charge in [-0.15, -0.1) is 0 Å². The molecule has 1 aromatic carbocycles. The molecule has 0 bridgehead atoms. The van der Waals surface area contributed by atoms with Crippen LogP contribution in [0.2, 0.25) is 5.02 Å². The van der Waals surface area contributed by atoms with E-state index in [2.05, 4.69) is 25.9 Å². The van der Waals surface area contributed by atoms with Crippen LogP contribution in [0.5, 0.6) is 0 Å². The summed E-state index contributed by atoms with van der Waals surface area (Å²) >= 11 is 5.99. The van der Waals surface area contributed by atoms with Crippen molar-refractivity contribution in [3.05, 3.63) is 28.8 Å². The predicted molar refractivity (Wildman–Crippen MR) is 71.8 cm³/mol. The second kappa shape index (κ2) is 6.83. The van der Waals surface area contributed by atoms with Crippen LogP contribution in [0.25, 0.3) is 0 Å². The highest BCUT2D eigenvalue weighted by molar-refractivity contribution is 6.34. The molecule has 0 aliphatic heterocycles. The smallest absolute Gasteiger partial charge is 0.306 e. The van der Waals surface area contributed by atoms with E-state index in [-0.39, 0.29) is 5.96 Å². The lowest BCUT2D eigenvalue weighted by molar-refractivity contribution is 0.141. The Bertz CT molecular complexity index is 442. The molecule has 0 atom stereocenters. The van der Waals surface area contributed by atoms with Crippen LogP contribution < -0.4 is 16.1 Å². The first-order chi connectivity index (χ1) is 8.58. The fourth-order valence-electron chi connectivity index (χ4n) is 1.27. The minimum absolute atomic E-state index is 0.194. The summed E-state index contributed by atoms with van der Waals surface area (Å²) in [6, 6.07) is 4.90. The number of aliphatic imine (C=N–C) groups is 1. The Labute approximate surface area is 110 Å². The molecule has 98 valence electrons. The third-order valence-corrected chi connectivity index (χ3v) is 2.43. The van der Waals surface area contributed by atoms with E-state index >= 15 is 0 Å². The Morgan fingerprint density at radius 3 is 2.72 bits per heavy atom. The summed E-state index contributed by atoms with van der Waals surface area (Å²) in [5.41, 5.74) is 3.85. The van der Waals surface area contributed by atoms with Crippen LogP contribution in [-0.4, -0.2) is 26.1 Å². The zero-order chi connectivity index (χ0) is 13.5. The number of hydrogen-bond donors (Lipinski definition) is 3. The number of urea groups is 1. The summed E-state index contributed by atoms with van der Waals surface area (Å²) in [6.07, 6.45) is 0. The lowest BCUT2D eigenvalue weighted by atomic mass is 10.2. The molecule has 18 heavy (non-hydrogen) atoms. The van der Waals surface area contributed by atoms with E-state index < -0.39 is 6.03 Å². The molecule has 0 saturated heterocycles. The molecule has 0 aromatic heterocycles. The fourth-order valence-corrected chi connectivity index (χ4v) is 1.54. The number of hydroxylamine groups is 1. The number of para-hydroxylation sites is 1. The molecule has 0 spiro atoms. The van der Waals surface area contributed by atoms with Crippen molar-refractivity contribution in [2.45, 2.75) is 6.92 Å². The lowest BCUT2D eigenvalue weighted by Crippen LogP contribution is -2.42. The van der Waals surface area contributed by atoms with Gasteiger partial charge in [0.2, 0.25) is 5.96 Å². The van der Waals surface area contributed by atoms with E-state index in [1.165, 1.54) is 14.2 Å². The minimum atomic E-state index is -0.462. The molecule has 0 heterocycles. The van der Waals surface area contributed by atoms with Gasteiger partial charge in [0.1, 0.15) is 0 Å². The second-order valence-corrected chi connectivity index (χ2v) is 3.80. The van der Waals surface area contributed by atoms with Gasteiger partial charge < -0.3 is 5.32 Å². The van der Waals surface area contributed by atoms with Gasteiger partial charge in [-0.05, 0) is 18.6 Å². The number of carbonyl (C=O) groups excluding carboxylic acids is 1. The largest absolute Gasteiger partial charge is 0.326 e. The zero-order valence-corrected chi connectivity index (χ0v) is 11.1. The summed E-state index contributed by atoms with van der Waals surface area (Å²) in [5, 5.41) is 5.59. The van der Waals surface area contributed by atoms with Crippen LogP contribution in [0.15, 0.2) is 23.2 Å². The first kappa shape index (κ1) is 14.3. The molecule has 1 aromatic rings. The van der Waals surface area contributed by atoms with Crippen molar-refractivity contribution in [1.29, 1.82) is 0 Å². The molecule has 0 saturated carbocycles. The van der Waals surface area contributed by atoms with Crippen LogP contribution in [0.1, 0.15) is 5.56 Å². The summed E-state index contributed by atoms with van der Waals surface area (Å²) in [5.74, 6) is 0.194. The summed E-state index contributed by atoms with van der Waals surface area (Å²) in [4.78, 5) is 20.1. The molecule has 2 amide bonds. The Kier molecular flexibility index (Phi) is 5.41. The molecular formula is C11H15ClN4O2. The number of anilines is 1. The van der Waals surface area contributed by atoms with Crippen LogP contribution in [0, 0.1) is 6.92 Å². The normalized spacial score (nSPS) is 11.0. The van der Waals surface area contributed by atoms with Gasteiger partial charge >= 0.3 is 6.03 Å². The quantitative estimate of drug-likeness (QED) is 0.437. The molecule has 0 aliphatic carbocycles. The molecule has 0 aliphatic rings. The van der Waals surface area contributed by atoms with E-state index in [0.29, 0.717) is 10.7 Å². The van der Waals surface area contributed by atoms with Crippen molar-refractivity contribution in [1.82, 2.24) is 10.8 Å². The standard InChI is InChI=1S/C11H15ClN4O2/c1-7-5-4-6-8(12)9(7)14-11(17)15-10(13-2)16-18-3/h4-6H,1-3H3,(H3,13,14,15,16,17). The van der Waals surface area contributed by atoms with Gasteiger partial charge in [-0.2, -0.15) is 0 Å². The summed E-state index contributed by atoms with van der Waals surface area (Å²) in [6.45, 7) is 1.85. The molecule has 3 N–H and O–H groups in total. The number of nitrogens with one attached hydrogen (secondary N) is 3. The lowest BCUT2D eigenvalue weighted by Gasteiger charge is -2.12. The van der Waals surface area contributed by atoms with E-state index in [0.717, 1.165) is 5.56 Å². The predicted octanol–water partition coefficient (Wildman–Crippen LogP) is 1.91. The highest BCUT2D eigenvalue weighted by atomic mass is 35.5. The molecule has 0 unspecified atom stereocenters. The average molecular weight is 271 g/mol. The van der Waals surface area contributed by atoms with Gasteiger partial charge in [-0.3, -0.25) is 15.1 Å². The number of amides is 2. The van der Waals surface area contributed by atoms with Crippen molar-refractivity contribution in [2.24, 2.45) is 4.99 Å². The highest BCUT2D eigenvalue weighted by Gasteiger charge is 2.09. The number of hydrogen-bond acceptors (Lipinski definition) is 3. The Morgan fingerprint density at radius 1 is 1.44 bits per heavy atom. The first-order valence-corrected chi connectivity index (χ1v) is 5.55. The van der Waals surface area contributed by atoms with Crippen LogP contribution >= 0.6 is 11.6 Å². The summed E-state index contributed by atoms with van der Waals surface area (Å²) < 4.78 is 0. The van der Waals surface area contributed by atoms with E-state index in [9.17, 15) is 4.79 Å². The first-order valence-electron chi connectivity index (χ1n) is 5.17. The van der Waals surface area contributed by atoms with Crippen LogP contribution in [-0.2, 0) is 4.84 Å². The fraction of sp³-hybridized carbons (Fsp3) is 0.273. The van der Waals surface area contributed by atoms with Gasteiger partial charge in [0.05, 0.1) is 17.8 Å². The molecule has 6 nitrogen and oxygen atoms in total. The molecule has 0 fully saturated rings. The van der Waals surface area contributed by atoms with Gasteiger partial charge in [-0.1, -0.05) is 23.7 Å². The van der Waals surface area contributed by atoms with Gasteiger partial charge in [0.25, 0.3) is 0 Å². The summed E-state index contributed by atoms with van der Waals surface area (Å²) in [7, 11) is 2.94. The van der Waals surface area contributed by atoms with Crippen LogP contribution in [0.4, 0.5) is 10.5 Å². The number of aryl methyl sites for hydroxylation is 1. The topological polar surface area (TPSA) is 74.8 Å². The minimum Gasteiger partial charge on any atom is -0.306 e. The SMILES string of the molecule is CN=C(NOC)NC(=O)Nc1c(C)cccc1Cl. The number of halogens is 1. The van der Waals surface area contributed by atoms with Crippen molar-refractivity contribution in [2.75, 3.05) is 19.5 Å². The third kappa shape index (κ3) is 3.90. The Balaban J connectivity index is 2.71. The molecule has 1 rings (SSSR count). The number of carbonyl (C=O) groups is 1. The molecular weight excluding hydrogens is 256 g/mol. The Hall–Kier alpha value is -1.79. The second-order valence-electron chi connectivity index (χ2n) is 3.39. The number of benzene rings is 1. The van der Waals surface area contributed by atoms with E-state index in [1.54, 1.807) is 6.07 Å². The van der Waals surface area contributed by atoms with E-state index in [4.69, 9.17) is 11.6 Å². The van der Waals surface area contributed by atoms with Gasteiger partial charge in [-0.25, -0.2) is 10.3 Å². The highest BCUT2D eigenvalue weighted by Crippen LogP contribution is 2.24. The van der Waals surface area contributed by atoms with Crippen molar-refractivity contribution in [3.63, 3.8) is 0 Å². The van der Waals surface area contributed by atoms with Crippen molar-refractivity contribution in [3.8, 4) is 0 Å². The van der Waals surface area contributed by atoms with E-state index in [1.807, 2.05) is 19.1 Å². The van der Waals surface area contributed by atoms with Crippen molar-refractivity contribution < 1.29 is 9.63 Å². The molecule has 7 heteroatoms. The number of nitrogens with zero attached hydrogens (tertiary/aromatic N) is 1.